The number of imidazole rings is 1. The first-order valence-corrected chi connectivity index (χ1v) is 10.0. The standard InChI is InChI=1S/C20H25ClN6O/c1-13-5-3-7-16(21)15(13)12-27-18-17(24-20(27)28)11-23-19(25-18)22-9-8-14-6-4-10-26(14)2/h3,5,7,11,14H,4,6,8-10,12H2,1-2H3,(H,24,28)(H,22,23,25). The second kappa shape index (κ2) is 7.93. The summed E-state index contributed by atoms with van der Waals surface area (Å²) in [5, 5.41) is 3.95. The lowest BCUT2D eigenvalue weighted by Gasteiger charge is -2.19. The van der Waals surface area contributed by atoms with E-state index < -0.39 is 0 Å². The molecule has 148 valence electrons. The number of likely N-dealkylation sites (tertiary alicyclic amines) is 1. The van der Waals surface area contributed by atoms with E-state index in [0.717, 1.165) is 24.1 Å². The molecule has 8 heteroatoms. The minimum absolute atomic E-state index is 0.214. The maximum absolute atomic E-state index is 12.5. The quantitative estimate of drug-likeness (QED) is 0.665. The third kappa shape index (κ3) is 3.77. The van der Waals surface area contributed by atoms with E-state index in [1.54, 1.807) is 10.8 Å². The summed E-state index contributed by atoms with van der Waals surface area (Å²) >= 11 is 6.35. The van der Waals surface area contributed by atoms with Gasteiger partial charge in [0.15, 0.2) is 5.65 Å². The highest BCUT2D eigenvalue weighted by atomic mass is 35.5. The molecule has 2 N–H and O–H groups in total. The molecule has 1 saturated heterocycles. The first kappa shape index (κ1) is 19.0. The van der Waals surface area contributed by atoms with Gasteiger partial charge in [-0.05, 0) is 57.0 Å². The molecule has 1 atom stereocenters. The Labute approximate surface area is 168 Å². The van der Waals surface area contributed by atoms with Crippen LogP contribution in [0.5, 0.6) is 0 Å². The molecule has 3 heterocycles. The molecule has 28 heavy (non-hydrogen) atoms. The van der Waals surface area contributed by atoms with Crippen molar-refractivity contribution in [2.75, 3.05) is 25.5 Å². The molecule has 1 fully saturated rings. The Bertz CT molecular complexity index is 1020. The number of aromatic amines is 1. The number of aromatic nitrogens is 4. The van der Waals surface area contributed by atoms with Crippen molar-refractivity contribution < 1.29 is 0 Å². The van der Waals surface area contributed by atoms with E-state index in [9.17, 15) is 4.79 Å². The smallest absolute Gasteiger partial charge is 0.328 e. The molecule has 1 aliphatic rings. The molecule has 2 aromatic heterocycles. The minimum atomic E-state index is -0.214. The van der Waals surface area contributed by atoms with E-state index >= 15 is 0 Å². The number of H-pyrrole nitrogens is 1. The molecule has 0 radical (unpaired) electrons. The van der Waals surface area contributed by atoms with Crippen LogP contribution in [-0.2, 0) is 6.54 Å². The first-order valence-electron chi connectivity index (χ1n) is 9.66. The number of hydrogen-bond acceptors (Lipinski definition) is 5. The van der Waals surface area contributed by atoms with Crippen LogP contribution in [0.4, 0.5) is 5.95 Å². The highest BCUT2D eigenvalue weighted by Crippen LogP contribution is 2.22. The number of benzene rings is 1. The van der Waals surface area contributed by atoms with Crippen molar-refractivity contribution in [3.8, 4) is 0 Å². The van der Waals surface area contributed by atoms with Crippen LogP contribution >= 0.6 is 11.6 Å². The molecule has 0 saturated carbocycles. The topological polar surface area (TPSA) is 78.8 Å². The van der Waals surface area contributed by atoms with Crippen LogP contribution in [0.2, 0.25) is 5.02 Å². The predicted molar refractivity (Wildman–Crippen MR) is 112 cm³/mol. The molecule has 0 spiro atoms. The summed E-state index contributed by atoms with van der Waals surface area (Å²) < 4.78 is 1.61. The van der Waals surface area contributed by atoms with Crippen molar-refractivity contribution in [2.45, 2.75) is 38.8 Å². The molecular weight excluding hydrogens is 376 g/mol. The number of rotatable bonds is 6. The molecule has 3 aromatic rings. The van der Waals surface area contributed by atoms with E-state index in [1.165, 1.54) is 19.4 Å². The number of halogens is 1. The van der Waals surface area contributed by atoms with Crippen molar-refractivity contribution in [1.82, 2.24) is 24.4 Å². The summed E-state index contributed by atoms with van der Waals surface area (Å²) in [4.78, 5) is 26.6. The van der Waals surface area contributed by atoms with Crippen LogP contribution in [0.15, 0.2) is 29.2 Å². The molecule has 0 amide bonds. The fourth-order valence-corrected chi connectivity index (χ4v) is 4.18. The van der Waals surface area contributed by atoms with Gasteiger partial charge in [-0.25, -0.2) is 9.78 Å². The molecular formula is C20H25ClN6O. The van der Waals surface area contributed by atoms with Gasteiger partial charge in [-0.2, -0.15) is 4.98 Å². The average Bonchev–Trinajstić information content (AvgIpc) is 3.21. The van der Waals surface area contributed by atoms with Crippen molar-refractivity contribution >= 4 is 28.7 Å². The molecule has 4 rings (SSSR count). The van der Waals surface area contributed by atoms with Crippen LogP contribution in [0.25, 0.3) is 11.2 Å². The lowest BCUT2D eigenvalue weighted by molar-refractivity contribution is 0.301. The van der Waals surface area contributed by atoms with Gasteiger partial charge in [0.1, 0.15) is 5.52 Å². The molecule has 7 nitrogen and oxygen atoms in total. The Hall–Kier alpha value is -2.38. The largest absolute Gasteiger partial charge is 0.354 e. The van der Waals surface area contributed by atoms with Gasteiger partial charge in [-0.3, -0.25) is 4.57 Å². The zero-order chi connectivity index (χ0) is 19.7. The second-order valence-corrected chi connectivity index (χ2v) is 7.88. The summed E-state index contributed by atoms with van der Waals surface area (Å²) in [7, 11) is 2.18. The number of aryl methyl sites for hydroxylation is 1. The van der Waals surface area contributed by atoms with Crippen LogP contribution in [0.3, 0.4) is 0 Å². The normalized spacial score (nSPS) is 17.5. The molecule has 1 aliphatic heterocycles. The van der Waals surface area contributed by atoms with Crippen molar-refractivity contribution in [2.24, 2.45) is 0 Å². The minimum Gasteiger partial charge on any atom is -0.354 e. The van der Waals surface area contributed by atoms with Crippen LogP contribution in [0, 0.1) is 6.92 Å². The summed E-state index contributed by atoms with van der Waals surface area (Å²) in [5.41, 5.74) is 2.95. The van der Waals surface area contributed by atoms with Gasteiger partial charge >= 0.3 is 5.69 Å². The third-order valence-corrected chi connectivity index (χ3v) is 5.97. The fraction of sp³-hybridized carbons (Fsp3) is 0.450. The zero-order valence-corrected chi connectivity index (χ0v) is 17.0. The maximum atomic E-state index is 12.5. The lowest BCUT2D eigenvalue weighted by Crippen LogP contribution is -2.27. The molecule has 1 aromatic carbocycles. The van der Waals surface area contributed by atoms with E-state index in [-0.39, 0.29) is 5.69 Å². The number of anilines is 1. The van der Waals surface area contributed by atoms with Gasteiger partial charge in [0.25, 0.3) is 0 Å². The van der Waals surface area contributed by atoms with Gasteiger partial charge in [-0.1, -0.05) is 23.7 Å². The summed E-state index contributed by atoms with van der Waals surface area (Å²) in [5.74, 6) is 0.539. The lowest BCUT2D eigenvalue weighted by atomic mass is 10.1. The molecule has 1 unspecified atom stereocenters. The van der Waals surface area contributed by atoms with Gasteiger partial charge < -0.3 is 15.2 Å². The maximum Gasteiger partial charge on any atom is 0.328 e. The summed E-state index contributed by atoms with van der Waals surface area (Å²) in [6, 6.07) is 6.35. The van der Waals surface area contributed by atoms with Crippen molar-refractivity contribution in [3.05, 3.63) is 51.0 Å². The number of hydrogen-bond donors (Lipinski definition) is 2. The van der Waals surface area contributed by atoms with E-state index in [4.69, 9.17) is 11.6 Å². The van der Waals surface area contributed by atoms with Crippen LogP contribution < -0.4 is 11.0 Å². The van der Waals surface area contributed by atoms with Gasteiger partial charge in [0, 0.05) is 17.6 Å². The average molecular weight is 401 g/mol. The Morgan fingerprint density at radius 1 is 1.39 bits per heavy atom. The third-order valence-electron chi connectivity index (χ3n) is 5.61. The first-order chi connectivity index (χ1) is 13.5. The fourth-order valence-electron chi connectivity index (χ4n) is 3.90. The number of fused-ring (bicyclic) bond motifs is 1. The van der Waals surface area contributed by atoms with Gasteiger partial charge in [-0.15, -0.1) is 0 Å². The molecule has 0 bridgehead atoms. The Morgan fingerprint density at radius 2 is 2.25 bits per heavy atom. The Balaban J connectivity index is 1.55. The molecule has 0 aliphatic carbocycles. The van der Waals surface area contributed by atoms with E-state index in [1.807, 2.05) is 25.1 Å². The highest BCUT2D eigenvalue weighted by Gasteiger charge is 2.20. The SMILES string of the molecule is Cc1cccc(Cl)c1Cn1c(=O)[nH]c2cnc(NCCC3CCCN3C)nc21. The van der Waals surface area contributed by atoms with Crippen molar-refractivity contribution in [1.29, 1.82) is 0 Å². The summed E-state index contributed by atoms with van der Waals surface area (Å²) in [6.45, 7) is 4.33. The Kier molecular flexibility index (Phi) is 5.37. The van der Waals surface area contributed by atoms with E-state index in [2.05, 4.69) is 32.2 Å². The van der Waals surface area contributed by atoms with Gasteiger partial charge in [0.2, 0.25) is 5.95 Å². The Morgan fingerprint density at radius 3 is 3.00 bits per heavy atom. The highest BCUT2D eigenvalue weighted by molar-refractivity contribution is 6.31. The van der Waals surface area contributed by atoms with Crippen molar-refractivity contribution in [3.63, 3.8) is 0 Å². The van der Waals surface area contributed by atoms with Crippen LogP contribution in [0.1, 0.15) is 30.4 Å². The van der Waals surface area contributed by atoms with Crippen LogP contribution in [-0.4, -0.2) is 50.6 Å². The summed E-state index contributed by atoms with van der Waals surface area (Å²) in [6.07, 6.45) is 5.22. The van der Waals surface area contributed by atoms with Gasteiger partial charge in [0.05, 0.1) is 12.7 Å². The zero-order valence-electron chi connectivity index (χ0n) is 16.2. The number of nitrogens with one attached hydrogen (secondary N) is 2. The van der Waals surface area contributed by atoms with E-state index in [0.29, 0.717) is 34.7 Å². The second-order valence-electron chi connectivity index (χ2n) is 7.47. The monoisotopic (exact) mass is 400 g/mol. The predicted octanol–water partition coefficient (Wildman–Crippen LogP) is 3.03. The number of nitrogens with zero attached hydrogens (tertiary/aromatic N) is 4.